The van der Waals surface area contributed by atoms with E-state index >= 15 is 0 Å². The van der Waals surface area contributed by atoms with Gasteiger partial charge in [-0.2, -0.15) is 0 Å². The van der Waals surface area contributed by atoms with Crippen LogP contribution >= 0.6 is 0 Å². The summed E-state index contributed by atoms with van der Waals surface area (Å²) in [6, 6.07) is 8.80. The zero-order valence-electron chi connectivity index (χ0n) is 14.8. The van der Waals surface area contributed by atoms with E-state index in [-0.39, 0.29) is 12.0 Å². The number of nitrogens with zero attached hydrogens (tertiary/aromatic N) is 1. The average Bonchev–Trinajstić information content (AvgIpc) is 2.38. The Balaban J connectivity index is 1.90. The predicted octanol–water partition coefficient (Wildman–Crippen LogP) is 2.53. The second-order valence-electron chi connectivity index (χ2n) is 7.83. The molecule has 1 aromatic rings. The minimum atomic E-state index is -0.434. The first-order valence-corrected chi connectivity index (χ1v) is 8.46. The number of carbonyl (C=O) groups excluding carboxylic acids is 1. The van der Waals surface area contributed by atoms with Gasteiger partial charge in [-0.05, 0) is 52.0 Å². The van der Waals surface area contributed by atoms with Crippen LogP contribution < -0.4 is 5.73 Å². The van der Waals surface area contributed by atoms with Crippen LogP contribution in [-0.2, 0) is 16.0 Å². The van der Waals surface area contributed by atoms with Crippen molar-refractivity contribution in [2.24, 2.45) is 11.7 Å². The molecule has 4 heteroatoms. The number of hydrogen-bond acceptors (Lipinski definition) is 4. The van der Waals surface area contributed by atoms with Crippen molar-refractivity contribution in [2.75, 3.05) is 19.6 Å². The van der Waals surface area contributed by atoms with Gasteiger partial charge in [0.2, 0.25) is 0 Å². The molecule has 1 aliphatic heterocycles. The zero-order valence-corrected chi connectivity index (χ0v) is 14.8. The molecule has 23 heavy (non-hydrogen) atoms. The summed E-state index contributed by atoms with van der Waals surface area (Å²) in [4.78, 5) is 14.2. The van der Waals surface area contributed by atoms with Crippen molar-refractivity contribution >= 4 is 5.97 Å². The van der Waals surface area contributed by atoms with Gasteiger partial charge in [-0.1, -0.05) is 29.8 Å². The molecule has 2 atom stereocenters. The van der Waals surface area contributed by atoms with Crippen molar-refractivity contribution in [3.8, 4) is 0 Å². The number of likely N-dealkylation sites (tertiary alicyclic amines) is 1. The number of piperidine rings is 1. The molecular weight excluding hydrogens is 288 g/mol. The lowest BCUT2D eigenvalue weighted by Crippen LogP contribution is -2.49. The lowest BCUT2D eigenvalue weighted by molar-refractivity contribution is -0.156. The first-order chi connectivity index (χ1) is 10.7. The van der Waals surface area contributed by atoms with E-state index in [0.717, 1.165) is 25.9 Å². The molecule has 1 heterocycles. The van der Waals surface area contributed by atoms with Crippen LogP contribution in [0.25, 0.3) is 0 Å². The molecule has 0 spiro atoms. The first kappa shape index (κ1) is 18.0. The lowest BCUT2D eigenvalue weighted by atomic mass is 9.89. The third-order valence-corrected chi connectivity index (χ3v) is 4.06. The Morgan fingerprint density at radius 2 is 1.91 bits per heavy atom. The Labute approximate surface area is 140 Å². The number of aryl methyl sites for hydroxylation is 1. The quantitative estimate of drug-likeness (QED) is 0.867. The Morgan fingerprint density at radius 1 is 1.26 bits per heavy atom. The highest BCUT2D eigenvalue weighted by Gasteiger charge is 2.28. The molecule has 2 N–H and O–H groups in total. The van der Waals surface area contributed by atoms with Crippen molar-refractivity contribution in [3.63, 3.8) is 0 Å². The van der Waals surface area contributed by atoms with E-state index in [9.17, 15) is 4.79 Å². The van der Waals surface area contributed by atoms with E-state index in [0.29, 0.717) is 12.5 Å². The predicted molar refractivity (Wildman–Crippen MR) is 93.3 cm³/mol. The van der Waals surface area contributed by atoms with E-state index in [1.807, 2.05) is 20.8 Å². The Bertz CT molecular complexity index is 519. The number of esters is 1. The molecule has 0 amide bonds. The number of hydrogen-bond donors (Lipinski definition) is 1. The van der Waals surface area contributed by atoms with Gasteiger partial charge in [0.25, 0.3) is 0 Å². The largest absolute Gasteiger partial charge is 0.459 e. The van der Waals surface area contributed by atoms with Crippen LogP contribution in [0.4, 0.5) is 0 Å². The van der Waals surface area contributed by atoms with Gasteiger partial charge < -0.3 is 10.5 Å². The molecule has 0 aliphatic carbocycles. The van der Waals surface area contributed by atoms with E-state index in [1.165, 1.54) is 11.1 Å². The zero-order chi connectivity index (χ0) is 17.0. The number of carbonyl (C=O) groups is 1. The Kier molecular flexibility index (Phi) is 5.82. The first-order valence-electron chi connectivity index (χ1n) is 8.46. The number of benzene rings is 1. The summed E-state index contributed by atoms with van der Waals surface area (Å²) in [7, 11) is 0. The highest BCUT2D eigenvalue weighted by atomic mass is 16.6. The maximum Gasteiger partial charge on any atom is 0.320 e. The summed E-state index contributed by atoms with van der Waals surface area (Å²) < 4.78 is 5.42. The van der Waals surface area contributed by atoms with Crippen molar-refractivity contribution in [2.45, 2.75) is 52.2 Å². The van der Waals surface area contributed by atoms with Crippen molar-refractivity contribution < 1.29 is 9.53 Å². The normalized spacial score (nSPS) is 22.8. The summed E-state index contributed by atoms with van der Waals surface area (Å²) >= 11 is 0. The van der Waals surface area contributed by atoms with Gasteiger partial charge in [-0.25, -0.2) is 0 Å². The van der Waals surface area contributed by atoms with Crippen LogP contribution in [0.5, 0.6) is 0 Å². The molecule has 1 fully saturated rings. The third kappa shape index (κ3) is 6.32. The second-order valence-corrected chi connectivity index (χ2v) is 7.83. The minimum Gasteiger partial charge on any atom is -0.459 e. The van der Waals surface area contributed by atoms with Gasteiger partial charge in [0.05, 0.1) is 6.54 Å². The SMILES string of the molecule is Cc1ccc(CC2CC(N)CN(CC(=O)OC(C)(C)C)C2)cc1. The number of ether oxygens (including phenoxy) is 1. The van der Waals surface area contributed by atoms with Gasteiger partial charge in [0.15, 0.2) is 0 Å². The van der Waals surface area contributed by atoms with Gasteiger partial charge in [0.1, 0.15) is 5.60 Å². The summed E-state index contributed by atoms with van der Waals surface area (Å²) in [5.41, 5.74) is 8.39. The Hall–Kier alpha value is -1.39. The van der Waals surface area contributed by atoms with Crippen LogP contribution in [-0.4, -0.2) is 42.1 Å². The third-order valence-electron chi connectivity index (χ3n) is 4.06. The molecule has 0 bridgehead atoms. The van der Waals surface area contributed by atoms with Crippen LogP contribution in [0, 0.1) is 12.8 Å². The van der Waals surface area contributed by atoms with Gasteiger partial charge in [-0.3, -0.25) is 9.69 Å². The maximum absolute atomic E-state index is 12.0. The fourth-order valence-corrected chi connectivity index (χ4v) is 3.24. The maximum atomic E-state index is 12.0. The number of nitrogens with two attached hydrogens (primary N) is 1. The minimum absolute atomic E-state index is 0.127. The molecule has 4 nitrogen and oxygen atoms in total. The fraction of sp³-hybridized carbons (Fsp3) is 0.632. The second kappa shape index (κ2) is 7.45. The Morgan fingerprint density at radius 3 is 2.52 bits per heavy atom. The highest BCUT2D eigenvalue weighted by Crippen LogP contribution is 2.21. The molecule has 1 aliphatic rings. The van der Waals surface area contributed by atoms with Crippen LogP contribution in [0.15, 0.2) is 24.3 Å². The van der Waals surface area contributed by atoms with Gasteiger partial charge >= 0.3 is 5.97 Å². The molecule has 2 unspecified atom stereocenters. The fourth-order valence-electron chi connectivity index (χ4n) is 3.24. The molecule has 0 radical (unpaired) electrons. The summed E-state index contributed by atoms with van der Waals surface area (Å²) in [6.45, 7) is 9.79. The van der Waals surface area contributed by atoms with Crippen LogP contribution in [0.2, 0.25) is 0 Å². The van der Waals surface area contributed by atoms with E-state index in [1.54, 1.807) is 0 Å². The molecule has 1 saturated heterocycles. The molecule has 2 rings (SSSR count). The standard InChI is InChI=1S/C19H30N2O2/c1-14-5-7-15(8-6-14)9-16-10-17(20)12-21(11-16)13-18(22)23-19(2,3)4/h5-8,16-17H,9-13,20H2,1-4H3. The topological polar surface area (TPSA) is 55.6 Å². The molecule has 0 saturated carbocycles. The number of rotatable bonds is 4. The van der Waals surface area contributed by atoms with Gasteiger partial charge in [-0.15, -0.1) is 0 Å². The molecule has 0 aromatic heterocycles. The molecule has 1 aromatic carbocycles. The van der Waals surface area contributed by atoms with Crippen LogP contribution in [0.1, 0.15) is 38.3 Å². The van der Waals surface area contributed by atoms with Gasteiger partial charge in [0, 0.05) is 19.1 Å². The van der Waals surface area contributed by atoms with E-state index in [4.69, 9.17) is 10.5 Å². The summed E-state index contributed by atoms with van der Waals surface area (Å²) in [6.07, 6.45) is 2.03. The summed E-state index contributed by atoms with van der Waals surface area (Å²) in [5.74, 6) is 0.324. The molecule has 128 valence electrons. The average molecular weight is 318 g/mol. The van der Waals surface area contributed by atoms with Crippen molar-refractivity contribution in [1.29, 1.82) is 0 Å². The summed E-state index contributed by atoms with van der Waals surface area (Å²) in [5, 5.41) is 0. The monoisotopic (exact) mass is 318 g/mol. The molecular formula is C19H30N2O2. The smallest absolute Gasteiger partial charge is 0.320 e. The lowest BCUT2D eigenvalue weighted by Gasteiger charge is -2.36. The highest BCUT2D eigenvalue weighted by molar-refractivity contribution is 5.72. The van der Waals surface area contributed by atoms with Crippen molar-refractivity contribution in [1.82, 2.24) is 4.90 Å². The van der Waals surface area contributed by atoms with Crippen LogP contribution in [0.3, 0.4) is 0 Å². The van der Waals surface area contributed by atoms with Crippen molar-refractivity contribution in [3.05, 3.63) is 35.4 Å². The van der Waals surface area contributed by atoms with E-state index < -0.39 is 5.60 Å². The van der Waals surface area contributed by atoms with E-state index in [2.05, 4.69) is 36.1 Å².